The number of unbranched alkanes of at least 4 members (excludes halogenated alkanes) is 1. The number of carbonyl (C=O) groups excluding carboxylic acids is 2. The Balaban J connectivity index is 2.34. The molecule has 0 saturated carbocycles. The zero-order chi connectivity index (χ0) is 22.1. The standard InChI is InChI=1S/C22H27N3O5/c1-3-5-9-16(4-2)15-23-22(28)20(24-13-7-6-12-19(24)26)21(27)17-10-8-11-18(14-17)25(29)30/h6-8,10-14,16,20H,3-5,9,15H2,1-2H3,(H,23,28)/t16-,20-/m0/s1. The number of nitrogens with one attached hydrogen (secondary N) is 1. The van der Waals surface area contributed by atoms with E-state index in [1.165, 1.54) is 36.5 Å². The van der Waals surface area contributed by atoms with Crippen molar-refractivity contribution in [2.75, 3.05) is 6.54 Å². The van der Waals surface area contributed by atoms with E-state index in [1.54, 1.807) is 6.07 Å². The molecule has 0 radical (unpaired) electrons. The van der Waals surface area contributed by atoms with Gasteiger partial charge in [-0.25, -0.2) is 0 Å². The number of benzene rings is 1. The first-order valence-electron chi connectivity index (χ1n) is 10.1. The van der Waals surface area contributed by atoms with Crippen LogP contribution in [0.25, 0.3) is 0 Å². The highest BCUT2D eigenvalue weighted by Crippen LogP contribution is 2.19. The number of rotatable bonds is 11. The molecule has 1 amide bonds. The van der Waals surface area contributed by atoms with Gasteiger partial charge in [-0.3, -0.25) is 29.1 Å². The summed E-state index contributed by atoms with van der Waals surface area (Å²) in [6, 6.07) is 8.06. The van der Waals surface area contributed by atoms with E-state index in [9.17, 15) is 24.5 Å². The number of pyridine rings is 1. The van der Waals surface area contributed by atoms with Gasteiger partial charge in [0, 0.05) is 36.5 Å². The van der Waals surface area contributed by atoms with Crippen LogP contribution < -0.4 is 10.9 Å². The predicted molar refractivity (Wildman–Crippen MR) is 113 cm³/mol. The van der Waals surface area contributed by atoms with Crippen molar-refractivity contribution in [3.8, 4) is 0 Å². The molecule has 0 aliphatic carbocycles. The van der Waals surface area contributed by atoms with Gasteiger partial charge in [0.15, 0.2) is 11.8 Å². The fourth-order valence-corrected chi connectivity index (χ4v) is 3.24. The van der Waals surface area contributed by atoms with Gasteiger partial charge in [0.25, 0.3) is 17.2 Å². The maximum Gasteiger partial charge on any atom is 0.270 e. The van der Waals surface area contributed by atoms with Crippen LogP contribution >= 0.6 is 0 Å². The van der Waals surface area contributed by atoms with Gasteiger partial charge in [0.2, 0.25) is 0 Å². The third-order valence-electron chi connectivity index (χ3n) is 5.08. The van der Waals surface area contributed by atoms with Gasteiger partial charge < -0.3 is 5.32 Å². The van der Waals surface area contributed by atoms with E-state index in [1.807, 2.05) is 6.92 Å². The van der Waals surface area contributed by atoms with E-state index in [0.717, 1.165) is 36.3 Å². The summed E-state index contributed by atoms with van der Waals surface area (Å²) in [7, 11) is 0. The van der Waals surface area contributed by atoms with Gasteiger partial charge >= 0.3 is 0 Å². The Kier molecular flexibility index (Phi) is 8.46. The number of Topliss-reactive ketones (excluding diaryl/α,β-unsaturated/α-hetero) is 1. The lowest BCUT2D eigenvalue weighted by Gasteiger charge is -2.21. The summed E-state index contributed by atoms with van der Waals surface area (Å²) in [6.07, 6.45) is 5.31. The zero-order valence-electron chi connectivity index (χ0n) is 17.2. The summed E-state index contributed by atoms with van der Waals surface area (Å²) in [5.74, 6) is -1.00. The molecule has 0 bridgehead atoms. The maximum atomic E-state index is 13.2. The van der Waals surface area contributed by atoms with Crippen LogP contribution in [-0.2, 0) is 4.79 Å². The zero-order valence-corrected chi connectivity index (χ0v) is 17.2. The van der Waals surface area contributed by atoms with Gasteiger partial charge in [-0.2, -0.15) is 0 Å². The molecule has 160 valence electrons. The number of nitrogens with zero attached hydrogens (tertiary/aromatic N) is 2. The lowest BCUT2D eigenvalue weighted by molar-refractivity contribution is -0.384. The number of carbonyl (C=O) groups is 2. The Labute approximate surface area is 175 Å². The Morgan fingerprint density at radius 1 is 1.17 bits per heavy atom. The van der Waals surface area contributed by atoms with E-state index >= 15 is 0 Å². The molecule has 1 aromatic carbocycles. The van der Waals surface area contributed by atoms with Crippen molar-refractivity contribution in [3.63, 3.8) is 0 Å². The van der Waals surface area contributed by atoms with Crippen LogP contribution in [0.4, 0.5) is 5.69 Å². The SMILES string of the molecule is CCCC[C@H](CC)CNC(=O)[C@H](C(=O)c1cccc([N+](=O)[O-])c1)n1ccccc1=O. The van der Waals surface area contributed by atoms with Crippen LogP contribution in [-0.4, -0.2) is 27.7 Å². The number of hydrogen-bond acceptors (Lipinski definition) is 5. The van der Waals surface area contributed by atoms with Crippen LogP contribution in [0, 0.1) is 16.0 Å². The maximum absolute atomic E-state index is 13.2. The van der Waals surface area contributed by atoms with Crippen molar-refractivity contribution in [2.24, 2.45) is 5.92 Å². The molecule has 0 unspecified atom stereocenters. The summed E-state index contributed by atoms with van der Waals surface area (Å²) in [6.45, 7) is 4.54. The van der Waals surface area contributed by atoms with E-state index < -0.39 is 28.2 Å². The number of ketones is 1. The minimum atomic E-state index is -1.44. The molecule has 8 nitrogen and oxygen atoms in total. The molecule has 0 spiro atoms. The molecule has 2 rings (SSSR count). The molecule has 0 aliphatic heterocycles. The molecule has 1 N–H and O–H groups in total. The molecule has 8 heteroatoms. The van der Waals surface area contributed by atoms with Crippen LogP contribution in [0.3, 0.4) is 0 Å². The van der Waals surface area contributed by atoms with Crippen molar-refractivity contribution in [1.29, 1.82) is 0 Å². The number of nitro groups is 1. The third-order valence-corrected chi connectivity index (χ3v) is 5.08. The molecule has 1 aromatic heterocycles. The number of amides is 1. The summed E-state index contributed by atoms with van der Waals surface area (Å²) in [5, 5.41) is 13.9. The smallest absolute Gasteiger partial charge is 0.270 e. The van der Waals surface area contributed by atoms with Crippen LogP contribution in [0.2, 0.25) is 0 Å². The highest BCUT2D eigenvalue weighted by Gasteiger charge is 2.31. The average molecular weight is 413 g/mol. The largest absolute Gasteiger partial charge is 0.354 e. The van der Waals surface area contributed by atoms with Crippen molar-refractivity contribution in [1.82, 2.24) is 9.88 Å². The predicted octanol–water partition coefficient (Wildman–Crippen LogP) is 3.51. The fraction of sp³-hybridized carbons (Fsp3) is 0.409. The molecule has 0 aliphatic rings. The van der Waals surface area contributed by atoms with Crippen LogP contribution in [0.1, 0.15) is 55.9 Å². The van der Waals surface area contributed by atoms with Crippen molar-refractivity contribution in [3.05, 3.63) is 74.7 Å². The quantitative estimate of drug-likeness (QED) is 0.262. The summed E-state index contributed by atoms with van der Waals surface area (Å²) < 4.78 is 1.06. The highest BCUT2D eigenvalue weighted by molar-refractivity contribution is 6.12. The van der Waals surface area contributed by atoms with Crippen molar-refractivity contribution >= 4 is 17.4 Å². The first kappa shape index (κ1) is 23.0. The first-order valence-corrected chi connectivity index (χ1v) is 10.1. The van der Waals surface area contributed by atoms with Crippen molar-refractivity contribution in [2.45, 2.75) is 45.6 Å². The minimum absolute atomic E-state index is 0.00173. The lowest BCUT2D eigenvalue weighted by Crippen LogP contribution is -2.42. The van der Waals surface area contributed by atoms with Gasteiger partial charge in [-0.05, 0) is 18.4 Å². The summed E-state index contributed by atoms with van der Waals surface area (Å²) in [4.78, 5) is 48.9. The van der Waals surface area contributed by atoms with Gasteiger partial charge in [0.1, 0.15) is 0 Å². The monoisotopic (exact) mass is 413 g/mol. The van der Waals surface area contributed by atoms with E-state index in [-0.39, 0.29) is 17.2 Å². The number of non-ortho nitro benzene ring substituents is 1. The van der Waals surface area contributed by atoms with Crippen LogP contribution in [0.5, 0.6) is 0 Å². The third kappa shape index (κ3) is 5.85. The normalized spacial score (nSPS) is 12.7. The highest BCUT2D eigenvalue weighted by atomic mass is 16.6. The van der Waals surface area contributed by atoms with E-state index in [2.05, 4.69) is 12.2 Å². The Hall–Kier alpha value is -3.29. The second-order valence-corrected chi connectivity index (χ2v) is 7.18. The molecular formula is C22H27N3O5. The minimum Gasteiger partial charge on any atom is -0.354 e. The van der Waals surface area contributed by atoms with E-state index in [0.29, 0.717) is 6.54 Å². The average Bonchev–Trinajstić information content (AvgIpc) is 2.75. The molecule has 2 atom stereocenters. The number of hydrogen-bond donors (Lipinski definition) is 1. The summed E-state index contributed by atoms with van der Waals surface area (Å²) in [5.41, 5.74) is -0.765. The topological polar surface area (TPSA) is 111 Å². The first-order chi connectivity index (χ1) is 14.4. The number of nitro benzene ring substituents is 1. The Morgan fingerprint density at radius 3 is 2.57 bits per heavy atom. The second-order valence-electron chi connectivity index (χ2n) is 7.18. The summed E-state index contributed by atoms with van der Waals surface area (Å²) >= 11 is 0. The Bertz CT molecular complexity index is 954. The molecular weight excluding hydrogens is 386 g/mol. The van der Waals surface area contributed by atoms with Gasteiger partial charge in [0.05, 0.1) is 4.92 Å². The second kappa shape index (κ2) is 11.0. The Morgan fingerprint density at radius 2 is 1.93 bits per heavy atom. The molecule has 2 aromatic rings. The van der Waals surface area contributed by atoms with E-state index in [4.69, 9.17) is 0 Å². The molecule has 0 saturated heterocycles. The lowest BCUT2D eigenvalue weighted by atomic mass is 9.98. The van der Waals surface area contributed by atoms with Gasteiger partial charge in [-0.15, -0.1) is 0 Å². The fourth-order valence-electron chi connectivity index (χ4n) is 3.24. The number of aromatic nitrogens is 1. The molecule has 30 heavy (non-hydrogen) atoms. The molecule has 0 fully saturated rings. The molecule has 1 heterocycles. The van der Waals surface area contributed by atoms with Crippen molar-refractivity contribution < 1.29 is 14.5 Å². The van der Waals surface area contributed by atoms with Gasteiger partial charge in [-0.1, -0.05) is 51.3 Å². The van der Waals surface area contributed by atoms with Crippen LogP contribution in [0.15, 0.2) is 53.5 Å².